The van der Waals surface area contributed by atoms with Crippen molar-refractivity contribution in [1.29, 1.82) is 0 Å². The number of likely N-dealkylation sites (tertiary alicyclic amines) is 1. The third kappa shape index (κ3) is 3.09. The van der Waals surface area contributed by atoms with Gasteiger partial charge in [-0.25, -0.2) is 0 Å². The summed E-state index contributed by atoms with van der Waals surface area (Å²) in [7, 11) is 1.89. The first-order valence-corrected chi connectivity index (χ1v) is 7.70. The summed E-state index contributed by atoms with van der Waals surface area (Å²) in [6.07, 6.45) is 2.43. The first-order valence-electron chi connectivity index (χ1n) is 6.88. The van der Waals surface area contributed by atoms with E-state index in [0.29, 0.717) is 6.04 Å². The zero-order valence-corrected chi connectivity index (χ0v) is 12.8. The van der Waals surface area contributed by atoms with Crippen LogP contribution in [-0.4, -0.2) is 48.4 Å². The Labute approximate surface area is 119 Å². The van der Waals surface area contributed by atoms with Gasteiger partial charge in [-0.2, -0.15) is 0 Å². The molecule has 19 heavy (non-hydrogen) atoms. The normalized spacial score (nSPS) is 19.8. The smallest absolute Gasteiger partial charge is 0.263 e. The summed E-state index contributed by atoms with van der Waals surface area (Å²) >= 11 is 1.49. The Morgan fingerprint density at radius 1 is 1.63 bits per heavy atom. The van der Waals surface area contributed by atoms with Crippen molar-refractivity contribution in [3.8, 4) is 0 Å². The Bertz CT molecular complexity index is 438. The standard InChI is InChI=1S/C14H23N3OS/c1-4-17-7-5-6-11(17)9-16(3)14(18)13-8-12(15)10(2)19-13/h8,11H,4-7,9,15H2,1-3H3. The molecule has 0 aliphatic carbocycles. The number of rotatable bonds is 4. The van der Waals surface area contributed by atoms with Crippen LogP contribution >= 0.6 is 11.3 Å². The predicted molar refractivity (Wildman–Crippen MR) is 80.7 cm³/mol. The fourth-order valence-electron chi connectivity index (χ4n) is 2.71. The number of carbonyl (C=O) groups excluding carboxylic acids is 1. The zero-order chi connectivity index (χ0) is 14.0. The van der Waals surface area contributed by atoms with E-state index in [1.807, 2.05) is 18.9 Å². The molecule has 0 aromatic carbocycles. The number of thiophene rings is 1. The van der Waals surface area contributed by atoms with Crippen molar-refractivity contribution < 1.29 is 4.79 Å². The SMILES string of the molecule is CCN1CCCC1CN(C)C(=O)c1cc(N)c(C)s1. The summed E-state index contributed by atoms with van der Waals surface area (Å²) in [6, 6.07) is 2.31. The molecule has 1 saturated heterocycles. The molecule has 1 aliphatic rings. The average molecular weight is 281 g/mol. The van der Waals surface area contributed by atoms with Crippen molar-refractivity contribution in [3.05, 3.63) is 15.8 Å². The van der Waals surface area contributed by atoms with Crippen molar-refractivity contribution in [2.24, 2.45) is 0 Å². The van der Waals surface area contributed by atoms with Crippen molar-refractivity contribution in [3.63, 3.8) is 0 Å². The molecule has 2 N–H and O–H groups in total. The van der Waals surface area contributed by atoms with Gasteiger partial charge < -0.3 is 10.6 Å². The number of hydrogen-bond acceptors (Lipinski definition) is 4. The number of likely N-dealkylation sites (N-methyl/N-ethyl adjacent to an activating group) is 2. The second kappa shape index (κ2) is 5.92. The molecule has 1 amide bonds. The fraction of sp³-hybridized carbons (Fsp3) is 0.643. The number of carbonyl (C=O) groups is 1. The summed E-state index contributed by atoms with van der Waals surface area (Å²) in [6.45, 7) is 7.17. The van der Waals surface area contributed by atoms with Crippen LogP contribution in [0, 0.1) is 6.92 Å². The van der Waals surface area contributed by atoms with Gasteiger partial charge in [0, 0.05) is 30.2 Å². The van der Waals surface area contributed by atoms with Gasteiger partial charge in [-0.1, -0.05) is 6.92 Å². The van der Waals surface area contributed by atoms with Gasteiger partial charge in [0.15, 0.2) is 0 Å². The zero-order valence-electron chi connectivity index (χ0n) is 12.0. The molecule has 1 aromatic rings. The Hall–Kier alpha value is -1.07. The number of hydrogen-bond donors (Lipinski definition) is 1. The minimum atomic E-state index is 0.0905. The second-order valence-corrected chi connectivity index (χ2v) is 6.49. The highest BCUT2D eigenvalue weighted by atomic mass is 32.1. The third-order valence-corrected chi connectivity index (χ3v) is 4.96. The molecule has 1 fully saturated rings. The van der Waals surface area contributed by atoms with Crippen LogP contribution in [0.3, 0.4) is 0 Å². The van der Waals surface area contributed by atoms with Crippen LogP contribution in [-0.2, 0) is 0 Å². The molecule has 2 rings (SSSR count). The lowest BCUT2D eigenvalue weighted by molar-refractivity contribution is 0.0759. The number of nitrogens with two attached hydrogens (primary N) is 1. The van der Waals surface area contributed by atoms with E-state index in [0.717, 1.165) is 35.1 Å². The molecule has 106 valence electrons. The molecule has 0 bridgehead atoms. The van der Waals surface area contributed by atoms with E-state index < -0.39 is 0 Å². The Morgan fingerprint density at radius 2 is 2.37 bits per heavy atom. The highest BCUT2D eigenvalue weighted by Gasteiger charge is 2.26. The van der Waals surface area contributed by atoms with Gasteiger partial charge in [0.2, 0.25) is 0 Å². The van der Waals surface area contributed by atoms with E-state index in [1.165, 1.54) is 24.2 Å². The number of amides is 1. The number of nitrogens with zero attached hydrogens (tertiary/aromatic N) is 2. The quantitative estimate of drug-likeness (QED) is 0.920. The van der Waals surface area contributed by atoms with Crippen LogP contribution in [0.4, 0.5) is 5.69 Å². The van der Waals surface area contributed by atoms with Gasteiger partial charge in [0.1, 0.15) is 0 Å². The second-order valence-electron chi connectivity index (χ2n) is 5.23. The molecule has 0 radical (unpaired) electrons. The Kier molecular flexibility index (Phi) is 4.47. The molecule has 1 aromatic heterocycles. The van der Waals surface area contributed by atoms with Gasteiger partial charge in [0.05, 0.1) is 4.88 Å². The monoisotopic (exact) mass is 281 g/mol. The summed E-state index contributed by atoms with van der Waals surface area (Å²) < 4.78 is 0. The molecule has 5 heteroatoms. The van der Waals surface area contributed by atoms with Crippen molar-refractivity contribution in [2.75, 3.05) is 32.4 Å². The third-order valence-electron chi connectivity index (χ3n) is 3.90. The maximum atomic E-state index is 12.4. The predicted octanol–water partition coefficient (Wildman–Crippen LogP) is 2.20. The van der Waals surface area contributed by atoms with Crippen LogP contribution in [0.25, 0.3) is 0 Å². The van der Waals surface area contributed by atoms with E-state index >= 15 is 0 Å². The van der Waals surface area contributed by atoms with Crippen molar-refractivity contribution in [1.82, 2.24) is 9.80 Å². The van der Waals surface area contributed by atoms with E-state index in [-0.39, 0.29) is 5.91 Å². The number of nitrogen functional groups attached to an aromatic ring is 1. The largest absolute Gasteiger partial charge is 0.398 e. The first kappa shape index (κ1) is 14.3. The topological polar surface area (TPSA) is 49.6 Å². The summed E-state index contributed by atoms with van der Waals surface area (Å²) in [5.74, 6) is 0.0905. The van der Waals surface area contributed by atoms with Crippen LogP contribution in [0.5, 0.6) is 0 Å². The Balaban J connectivity index is 1.99. The van der Waals surface area contributed by atoms with Gasteiger partial charge >= 0.3 is 0 Å². The molecule has 1 unspecified atom stereocenters. The Morgan fingerprint density at radius 3 is 2.95 bits per heavy atom. The van der Waals surface area contributed by atoms with E-state index in [2.05, 4.69) is 11.8 Å². The minimum Gasteiger partial charge on any atom is -0.398 e. The summed E-state index contributed by atoms with van der Waals surface area (Å²) in [4.78, 5) is 18.4. The number of anilines is 1. The molecular formula is C14H23N3OS. The molecule has 4 nitrogen and oxygen atoms in total. The summed E-state index contributed by atoms with van der Waals surface area (Å²) in [5, 5.41) is 0. The highest BCUT2D eigenvalue weighted by Crippen LogP contribution is 2.25. The lowest BCUT2D eigenvalue weighted by atomic mass is 10.2. The lowest BCUT2D eigenvalue weighted by Crippen LogP contribution is -2.40. The molecule has 1 atom stereocenters. The minimum absolute atomic E-state index is 0.0905. The molecule has 2 heterocycles. The van der Waals surface area contributed by atoms with Gasteiger partial charge in [0.25, 0.3) is 5.91 Å². The van der Waals surface area contributed by atoms with Gasteiger partial charge in [-0.15, -0.1) is 11.3 Å². The average Bonchev–Trinajstić information content (AvgIpc) is 2.96. The molecule has 0 saturated carbocycles. The van der Waals surface area contributed by atoms with Gasteiger partial charge in [-0.3, -0.25) is 9.69 Å². The number of aryl methyl sites for hydroxylation is 1. The van der Waals surface area contributed by atoms with E-state index in [9.17, 15) is 4.79 Å². The molecule has 0 spiro atoms. The fourth-order valence-corrected chi connectivity index (χ4v) is 3.64. The van der Waals surface area contributed by atoms with Crippen LogP contribution in [0.1, 0.15) is 34.3 Å². The summed E-state index contributed by atoms with van der Waals surface area (Å²) in [5.41, 5.74) is 6.54. The van der Waals surface area contributed by atoms with E-state index in [1.54, 1.807) is 6.07 Å². The lowest BCUT2D eigenvalue weighted by Gasteiger charge is -2.27. The maximum absolute atomic E-state index is 12.4. The highest BCUT2D eigenvalue weighted by molar-refractivity contribution is 7.14. The van der Waals surface area contributed by atoms with Gasteiger partial charge in [-0.05, 0) is 38.9 Å². The molecule has 1 aliphatic heterocycles. The van der Waals surface area contributed by atoms with Crippen LogP contribution in [0.2, 0.25) is 0 Å². The van der Waals surface area contributed by atoms with Crippen LogP contribution < -0.4 is 5.73 Å². The van der Waals surface area contributed by atoms with Crippen LogP contribution in [0.15, 0.2) is 6.07 Å². The van der Waals surface area contributed by atoms with E-state index in [4.69, 9.17) is 5.73 Å². The molecular weight excluding hydrogens is 258 g/mol. The first-order chi connectivity index (χ1) is 9.02. The van der Waals surface area contributed by atoms with Crippen molar-refractivity contribution >= 4 is 22.9 Å². The maximum Gasteiger partial charge on any atom is 0.263 e. The van der Waals surface area contributed by atoms with Crippen molar-refractivity contribution in [2.45, 2.75) is 32.7 Å².